The molecule has 2 aromatic heterocycles. The molecule has 0 unspecified atom stereocenters. The molecule has 24 heavy (non-hydrogen) atoms. The van der Waals surface area contributed by atoms with E-state index in [1.54, 1.807) is 0 Å². The molecular formula is C18H27N5O. The lowest BCUT2D eigenvalue weighted by Crippen LogP contribution is -2.26. The zero-order valence-corrected chi connectivity index (χ0v) is 14.5. The Morgan fingerprint density at radius 2 is 1.92 bits per heavy atom. The van der Waals surface area contributed by atoms with E-state index in [0.717, 1.165) is 49.9 Å². The van der Waals surface area contributed by atoms with Crippen molar-refractivity contribution in [3.63, 3.8) is 0 Å². The summed E-state index contributed by atoms with van der Waals surface area (Å²) in [6, 6.07) is 0. The lowest BCUT2D eigenvalue weighted by Gasteiger charge is -2.31. The van der Waals surface area contributed by atoms with E-state index in [9.17, 15) is 0 Å². The number of aryl methyl sites for hydroxylation is 2. The highest BCUT2D eigenvalue weighted by Gasteiger charge is 2.35. The van der Waals surface area contributed by atoms with Crippen molar-refractivity contribution in [2.45, 2.75) is 69.9 Å². The van der Waals surface area contributed by atoms with Crippen LogP contribution in [0.5, 0.6) is 0 Å². The third kappa shape index (κ3) is 2.99. The molecule has 6 heteroatoms. The molecule has 0 bridgehead atoms. The van der Waals surface area contributed by atoms with Gasteiger partial charge in [-0.2, -0.15) is 0 Å². The molecule has 0 radical (unpaired) electrons. The first kappa shape index (κ1) is 15.8. The van der Waals surface area contributed by atoms with E-state index < -0.39 is 0 Å². The Bertz CT molecular complexity index is 677. The summed E-state index contributed by atoms with van der Waals surface area (Å²) in [6.45, 7) is 1.84. The van der Waals surface area contributed by atoms with Crippen molar-refractivity contribution >= 4 is 0 Å². The molecule has 0 aliphatic carbocycles. The lowest BCUT2D eigenvalue weighted by molar-refractivity contribution is -0.0123. The first-order valence-electron chi connectivity index (χ1n) is 9.35. The van der Waals surface area contributed by atoms with E-state index in [1.165, 1.54) is 32.1 Å². The van der Waals surface area contributed by atoms with Crippen LogP contribution < -0.4 is 0 Å². The van der Waals surface area contributed by atoms with E-state index in [4.69, 9.17) is 4.74 Å². The van der Waals surface area contributed by atoms with Crippen molar-refractivity contribution in [3.05, 3.63) is 29.9 Å². The van der Waals surface area contributed by atoms with Gasteiger partial charge in [0.15, 0.2) is 0 Å². The summed E-state index contributed by atoms with van der Waals surface area (Å²) in [5, 5.41) is 9.16. The molecule has 0 aromatic carbocycles. The maximum Gasteiger partial charge on any atom is 0.139 e. The summed E-state index contributed by atoms with van der Waals surface area (Å²) in [5.41, 5.74) is 0. The van der Waals surface area contributed by atoms with Gasteiger partial charge in [0.1, 0.15) is 23.6 Å². The minimum atomic E-state index is -0.0142. The summed E-state index contributed by atoms with van der Waals surface area (Å²) in [4.78, 5) is 4.54. The molecule has 0 saturated carbocycles. The topological polar surface area (TPSA) is 57.8 Å². The highest BCUT2D eigenvalue weighted by molar-refractivity contribution is 5.12. The smallest absolute Gasteiger partial charge is 0.139 e. The Labute approximate surface area is 143 Å². The Kier molecular flexibility index (Phi) is 4.65. The molecule has 0 amide bonds. The number of aromatic nitrogens is 5. The summed E-state index contributed by atoms with van der Waals surface area (Å²) >= 11 is 0. The van der Waals surface area contributed by atoms with Crippen molar-refractivity contribution in [2.75, 3.05) is 6.61 Å². The fraction of sp³-hybridized carbons (Fsp3) is 0.722. The number of imidazole rings is 1. The standard InChI is InChI=1S/C18H27N5O/c1-22-12-10-19-18(22)16-14(8-7-13-24-16)17-21-20-15-9-5-3-2-4-6-11-23(15)17/h10,12,14,16H,2-9,11,13H2,1H3/t14-,16-/m1/s1. The van der Waals surface area contributed by atoms with E-state index in [1.807, 2.05) is 19.4 Å². The Hall–Kier alpha value is -1.69. The van der Waals surface area contributed by atoms with E-state index >= 15 is 0 Å². The van der Waals surface area contributed by atoms with Crippen LogP contribution in [0.4, 0.5) is 0 Å². The van der Waals surface area contributed by atoms with Gasteiger partial charge in [-0.3, -0.25) is 0 Å². The second-order valence-electron chi connectivity index (χ2n) is 7.08. The fourth-order valence-electron chi connectivity index (χ4n) is 4.09. The normalized spacial score (nSPS) is 25.5. The molecule has 130 valence electrons. The fourth-order valence-corrected chi connectivity index (χ4v) is 4.09. The summed E-state index contributed by atoms with van der Waals surface area (Å²) in [5.74, 6) is 3.53. The third-order valence-corrected chi connectivity index (χ3v) is 5.41. The van der Waals surface area contributed by atoms with Gasteiger partial charge in [0, 0.05) is 39.0 Å². The lowest BCUT2D eigenvalue weighted by atomic mass is 9.92. The number of fused-ring (bicyclic) bond motifs is 1. The van der Waals surface area contributed by atoms with Crippen LogP contribution in [0.15, 0.2) is 12.4 Å². The quantitative estimate of drug-likeness (QED) is 0.849. The number of hydrogen-bond donors (Lipinski definition) is 0. The van der Waals surface area contributed by atoms with Crippen LogP contribution in [0.3, 0.4) is 0 Å². The van der Waals surface area contributed by atoms with E-state index in [2.05, 4.69) is 24.3 Å². The van der Waals surface area contributed by atoms with Crippen molar-refractivity contribution in [1.82, 2.24) is 24.3 Å². The largest absolute Gasteiger partial charge is 0.370 e. The monoisotopic (exact) mass is 329 g/mol. The second kappa shape index (κ2) is 7.05. The molecule has 4 rings (SSSR count). The average Bonchev–Trinajstić information content (AvgIpc) is 3.21. The molecular weight excluding hydrogens is 302 g/mol. The van der Waals surface area contributed by atoms with Gasteiger partial charge in [0.05, 0.1) is 5.92 Å². The molecule has 2 aliphatic heterocycles. The van der Waals surface area contributed by atoms with Crippen molar-refractivity contribution < 1.29 is 4.74 Å². The number of hydrogen-bond acceptors (Lipinski definition) is 4. The third-order valence-electron chi connectivity index (χ3n) is 5.41. The van der Waals surface area contributed by atoms with E-state index in [-0.39, 0.29) is 12.0 Å². The average molecular weight is 329 g/mol. The highest BCUT2D eigenvalue weighted by Crippen LogP contribution is 2.39. The molecule has 1 saturated heterocycles. The van der Waals surface area contributed by atoms with Gasteiger partial charge in [0.2, 0.25) is 0 Å². The molecule has 2 aliphatic rings. The predicted octanol–water partition coefficient (Wildman–Crippen LogP) is 3.15. The van der Waals surface area contributed by atoms with Crippen LogP contribution >= 0.6 is 0 Å². The van der Waals surface area contributed by atoms with Crippen LogP contribution in [0.1, 0.15) is 74.4 Å². The Balaban J connectivity index is 1.67. The molecule has 0 spiro atoms. The predicted molar refractivity (Wildman–Crippen MR) is 90.7 cm³/mol. The molecule has 4 heterocycles. The van der Waals surface area contributed by atoms with Gasteiger partial charge in [-0.15, -0.1) is 10.2 Å². The maximum atomic E-state index is 6.15. The molecule has 6 nitrogen and oxygen atoms in total. The van der Waals surface area contributed by atoms with Crippen LogP contribution in [-0.4, -0.2) is 30.9 Å². The number of rotatable bonds is 2. The van der Waals surface area contributed by atoms with Gasteiger partial charge in [-0.05, 0) is 25.7 Å². The minimum absolute atomic E-state index is 0.0142. The molecule has 0 N–H and O–H groups in total. The first-order valence-corrected chi connectivity index (χ1v) is 9.35. The van der Waals surface area contributed by atoms with Gasteiger partial charge in [-0.25, -0.2) is 4.98 Å². The zero-order chi connectivity index (χ0) is 16.4. The highest BCUT2D eigenvalue weighted by atomic mass is 16.5. The van der Waals surface area contributed by atoms with Crippen LogP contribution in [0, 0.1) is 0 Å². The SMILES string of the molecule is Cn1ccnc1[C@@H]1OCCC[C@H]1c1nnc2n1CCCCCCC2. The minimum Gasteiger partial charge on any atom is -0.370 e. The summed E-state index contributed by atoms with van der Waals surface area (Å²) in [6.07, 6.45) is 13.4. The second-order valence-corrected chi connectivity index (χ2v) is 7.08. The molecule has 2 aromatic rings. The van der Waals surface area contributed by atoms with Crippen molar-refractivity contribution in [3.8, 4) is 0 Å². The number of nitrogens with zero attached hydrogens (tertiary/aromatic N) is 5. The van der Waals surface area contributed by atoms with Crippen LogP contribution in [0.25, 0.3) is 0 Å². The van der Waals surface area contributed by atoms with Crippen molar-refractivity contribution in [1.29, 1.82) is 0 Å². The Morgan fingerprint density at radius 1 is 1.04 bits per heavy atom. The first-order chi connectivity index (χ1) is 11.8. The maximum absolute atomic E-state index is 6.15. The van der Waals surface area contributed by atoms with Gasteiger partial charge >= 0.3 is 0 Å². The van der Waals surface area contributed by atoms with Gasteiger partial charge < -0.3 is 13.9 Å². The summed E-state index contributed by atoms with van der Waals surface area (Å²) in [7, 11) is 2.04. The molecule has 2 atom stereocenters. The zero-order valence-electron chi connectivity index (χ0n) is 14.5. The summed E-state index contributed by atoms with van der Waals surface area (Å²) < 4.78 is 10.6. The van der Waals surface area contributed by atoms with Crippen LogP contribution in [-0.2, 0) is 24.8 Å². The van der Waals surface area contributed by atoms with Gasteiger partial charge in [-0.1, -0.05) is 19.3 Å². The molecule has 1 fully saturated rings. The number of ether oxygens (including phenoxy) is 1. The Morgan fingerprint density at radius 3 is 2.79 bits per heavy atom. The van der Waals surface area contributed by atoms with Gasteiger partial charge in [0.25, 0.3) is 0 Å². The van der Waals surface area contributed by atoms with Crippen molar-refractivity contribution in [2.24, 2.45) is 7.05 Å². The van der Waals surface area contributed by atoms with Crippen LogP contribution in [0.2, 0.25) is 0 Å². The van der Waals surface area contributed by atoms with E-state index in [0.29, 0.717) is 0 Å².